The monoisotopic (exact) mass is 270 g/mol. The minimum absolute atomic E-state index is 0.218. The molecule has 1 aromatic rings. The van der Waals surface area contributed by atoms with Crippen LogP contribution in [0.15, 0.2) is 22.7 Å². The summed E-state index contributed by atoms with van der Waals surface area (Å²) in [5.41, 5.74) is 1.02. The van der Waals surface area contributed by atoms with Gasteiger partial charge in [-0.25, -0.2) is 4.39 Å². The summed E-state index contributed by atoms with van der Waals surface area (Å²) in [6.07, 6.45) is 3.00. The number of Topliss-reactive ketones (excluding diaryl/α,β-unsaturated/α-hetero) is 1. The molecule has 15 heavy (non-hydrogen) atoms. The van der Waals surface area contributed by atoms with Crippen molar-refractivity contribution in [3.8, 4) is 0 Å². The van der Waals surface area contributed by atoms with Crippen LogP contribution in [0.2, 0.25) is 0 Å². The second-order valence-corrected chi connectivity index (χ2v) is 4.84. The molecule has 1 nitrogen and oxygen atoms in total. The molecule has 0 atom stereocenters. The van der Waals surface area contributed by atoms with E-state index in [-0.39, 0.29) is 5.82 Å². The molecule has 0 spiro atoms. The van der Waals surface area contributed by atoms with E-state index in [1.54, 1.807) is 12.1 Å². The number of carbonyl (C=O) groups is 1. The van der Waals surface area contributed by atoms with Crippen molar-refractivity contribution in [2.24, 2.45) is 0 Å². The SMILES string of the molecule is O=C1CCC(c2ccc(Br)c(F)c2)CC1. The molecule has 0 amide bonds. The maximum atomic E-state index is 13.3. The van der Waals surface area contributed by atoms with E-state index < -0.39 is 0 Å². The molecular weight excluding hydrogens is 259 g/mol. The van der Waals surface area contributed by atoms with Gasteiger partial charge in [0.25, 0.3) is 0 Å². The number of benzene rings is 1. The standard InChI is InChI=1S/C12H12BrFO/c13-11-6-3-9(7-12(11)14)8-1-4-10(15)5-2-8/h3,6-8H,1-2,4-5H2. The molecule has 1 aliphatic carbocycles. The third-order valence-electron chi connectivity index (χ3n) is 2.96. The molecule has 3 heteroatoms. The van der Waals surface area contributed by atoms with E-state index in [4.69, 9.17) is 0 Å². The Bertz CT molecular complexity index is 379. The van der Waals surface area contributed by atoms with E-state index in [0.29, 0.717) is 29.0 Å². The fourth-order valence-electron chi connectivity index (χ4n) is 2.04. The summed E-state index contributed by atoms with van der Waals surface area (Å²) in [4.78, 5) is 11.1. The van der Waals surface area contributed by atoms with Crippen LogP contribution in [0, 0.1) is 5.82 Å². The first kappa shape index (κ1) is 10.8. The Balaban J connectivity index is 2.16. The predicted octanol–water partition coefficient (Wildman–Crippen LogP) is 3.81. The highest BCUT2D eigenvalue weighted by molar-refractivity contribution is 9.10. The lowest BCUT2D eigenvalue weighted by molar-refractivity contribution is -0.120. The normalized spacial score (nSPS) is 18.1. The minimum atomic E-state index is -0.218. The third-order valence-corrected chi connectivity index (χ3v) is 3.60. The van der Waals surface area contributed by atoms with Crippen molar-refractivity contribution in [2.45, 2.75) is 31.6 Å². The molecule has 0 N–H and O–H groups in total. The summed E-state index contributed by atoms with van der Waals surface area (Å²) in [5, 5.41) is 0. The second kappa shape index (κ2) is 4.44. The molecule has 2 rings (SSSR count). The van der Waals surface area contributed by atoms with Gasteiger partial charge in [0.1, 0.15) is 11.6 Å². The number of hydrogen-bond donors (Lipinski definition) is 0. The molecule has 1 aliphatic rings. The van der Waals surface area contributed by atoms with Crippen molar-refractivity contribution < 1.29 is 9.18 Å². The zero-order valence-corrected chi connectivity index (χ0v) is 9.89. The number of hydrogen-bond acceptors (Lipinski definition) is 1. The summed E-state index contributed by atoms with van der Waals surface area (Å²) in [7, 11) is 0. The number of carbonyl (C=O) groups excluding carboxylic acids is 1. The first-order valence-corrected chi connectivity index (χ1v) is 5.93. The van der Waals surface area contributed by atoms with Crippen LogP contribution in [-0.4, -0.2) is 5.78 Å². The Labute approximate surface area is 96.8 Å². The molecule has 1 aromatic carbocycles. The minimum Gasteiger partial charge on any atom is -0.300 e. The van der Waals surface area contributed by atoms with Crippen molar-refractivity contribution in [3.63, 3.8) is 0 Å². The molecule has 0 saturated heterocycles. The molecule has 1 fully saturated rings. The van der Waals surface area contributed by atoms with Crippen LogP contribution in [0.1, 0.15) is 37.2 Å². The van der Waals surface area contributed by atoms with E-state index in [9.17, 15) is 9.18 Å². The summed E-state index contributed by atoms with van der Waals surface area (Å²) in [6.45, 7) is 0. The van der Waals surface area contributed by atoms with Gasteiger partial charge in [-0.2, -0.15) is 0 Å². The lowest BCUT2D eigenvalue weighted by atomic mass is 9.83. The average Bonchev–Trinajstić information content (AvgIpc) is 2.23. The van der Waals surface area contributed by atoms with Gasteiger partial charge in [-0.1, -0.05) is 6.07 Å². The van der Waals surface area contributed by atoms with Gasteiger partial charge in [0.05, 0.1) is 4.47 Å². The molecule has 0 aliphatic heterocycles. The summed E-state index contributed by atoms with van der Waals surface area (Å²) >= 11 is 3.13. The smallest absolute Gasteiger partial charge is 0.137 e. The van der Waals surface area contributed by atoms with Gasteiger partial charge in [0, 0.05) is 12.8 Å². The van der Waals surface area contributed by atoms with Crippen LogP contribution in [0.3, 0.4) is 0 Å². The molecule has 0 radical (unpaired) electrons. The van der Waals surface area contributed by atoms with Crippen molar-refractivity contribution in [2.75, 3.05) is 0 Å². The van der Waals surface area contributed by atoms with Crippen molar-refractivity contribution >= 4 is 21.7 Å². The van der Waals surface area contributed by atoms with Crippen LogP contribution >= 0.6 is 15.9 Å². The maximum absolute atomic E-state index is 13.3. The molecule has 0 aromatic heterocycles. The third kappa shape index (κ3) is 2.46. The Morgan fingerprint density at radius 2 is 1.93 bits per heavy atom. The summed E-state index contributed by atoms with van der Waals surface area (Å²) in [5.74, 6) is 0.471. The molecule has 80 valence electrons. The van der Waals surface area contributed by atoms with Crippen LogP contribution in [0.4, 0.5) is 4.39 Å². The lowest BCUT2D eigenvalue weighted by Gasteiger charge is -2.21. The zero-order chi connectivity index (χ0) is 10.8. The van der Waals surface area contributed by atoms with Gasteiger partial charge >= 0.3 is 0 Å². The predicted molar refractivity (Wildman–Crippen MR) is 60.3 cm³/mol. The van der Waals surface area contributed by atoms with Gasteiger partial charge in [-0.3, -0.25) is 4.79 Å². The number of ketones is 1. The fraction of sp³-hybridized carbons (Fsp3) is 0.417. The highest BCUT2D eigenvalue weighted by Crippen LogP contribution is 2.32. The Kier molecular flexibility index (Phi) is 3.19. The van der Waals surface area contributed by atoms with E-state index >= 15 is 0 Å². The van der Waals surface area contributed by atoms with Gasteiger partial charge in [0.15, 0.2) is 0 Å². The maximum Gasteiger partial charge on any atom is 0.137 e. The lowest BCUT2D eigenvalue weighted by Crippen LogP contribution is -2.12. The zero-order valence-electron chi connectivity index (χ0n) is 8.30. The van der Waals surface area contributed by atoms with E-state index in [1.807, 2.05) is 6.07 Å². The van der Waals surface area contributed by atoms with Crippen molar-refractivity contribution in [1.29, 1.82) is 0 Å². The Hall–Kier alpha value is -0.700. The quantitative estimate of drug-likeness (QED) is 0.759. The second-order valence-electron chi connectivity index (χ2n) is 3.99. The molecule has 0 heterocycles. The first-order chi connectivity index (χ1) is 7.16. The van der Waals surface area contributed by atoms with Crippen LogP contribution in [0.5, 0.6) is 0 Å². The first-order valence-electron chi connectivity index (χ1n) is 5.13. The summed E-state index contributed by atoms with van der Waals surface area (Å²) in [6, 6.07) is 5.25. The van der Waals surface area contributed by atoms with Crippen molar-refractivity contribution in [1.82, 2.24) is 0 Å². The summed E-state index contributed by atoms with van der Waals surface area (Å²) < 4.78 is 13.8. The van der Waals surface area contributed by atoms with Crippen LogP contribution in [-0.2, 0) is 4.79 Å². The topological polar surface area (TPSA) is 17.1 Å². The van der Waals surface area contributed by atoms with Gasteiger partial charge in [0.2, 0.25) is 0 Å². The van der Waals surface area contributed by atoms with Gasteiger partial charge in [-0.05, 0) is 52.4 Å². The number of halogens is 2. The molecule has 0 unspecified atom stereocenters. The largest absolute Gasteiger partial charge is 0.300 e. The van der Waals surface area contributed by atoms with E-state index in [1.165, 1.54) is 0 Å². The van der Waals surface area contributed by atoms with E-state index in [2.05, 4.69) is 15.9 Å². The number of rotatable bonds is 1. The Morgan fingerprint density at radius 3 is 2.53 bits per heavy atom. The van der Waals surface area contributed by atoms with Crippen LogP contribution < -0.4 is 0 Å². The molecular formula is C12H12BrFO. The van der Waals surface area contributed by atoms with Gasteiger partial charge in [-0.15, -0.1) is 0 Å². The molecule has 0 bridgehead atoms. The molecule has 1 saturated carbocycles. The highest BCUT2D eigenvalue weighted by atomic mass is 79.9. The highest BCUT2D eigenvalue weighted by Gasteiger charge is 2.20. The van der Waals surface area contributed by atoms with Crippen molar-refractivity contribution in [3.05, 3.63) is 34.1 Å². The van der Waals surface area contributed by atoms with E-state index in [0.717, 1.165) is 18.4 Å². The fourth-order valence-corrected chi connectivity index (χ4v) is 2.29. The van der Waals surface area contributed by atoms with Crippen LogP contribution in [0.25, 0.3) is 0 Å². The average molecular weight is 271 g/mol. The Morgan fingerprint density at radius 1 is 1.27 bits per heavy atom. The van der Waals surface area contributed by atoms with Gasteiger partial charge < -0.3 is 0 Å².